The topological polar surface area (TPSA) is 101 Å². The summed E-state index contributed by atoms with van der Waals surface area (Å²) in [5, 5.41) is 6.47. The number of aromatic nitrogens is 5. The van der Waals surface area contributed by atoms with Gasteiger partial charge in [-0.3, -0.25) is 4.98 Å². The number of hydrogen-bond donors (Lipinski definition) is 3. The Balaban J connectivity index is 1.38. The number of H-pyrrole nitrogens is 1. The molecule has 0 radical (unpaired) electrons. The van der Waals surface area contributed by atoms with E-state index in [0.717, 1.165) is 28.4 Å². The molecule has 0 saturated heterocycles. The Hall–Kier alpha value is -4.46. The lowest BCUT2D eigenvalue weighted by Gasteiger charge is -2.10. The minimum Gasteiger partial charge on any atom is -0.457 e. The summed E-state index contributed by atoms with van der Waals surface area (Å²) in [6, 6.07) is 21.0. The van der Waals surface area contributed by atoms with Crippen molar-refractivity contribution in [2.45, 2.75) is 0 Å². The van der Waals surface area contributed by atoms with E-state index >= 15 is 0 Å². The van der Waals surface area contributed by atoms with E-state index in [1.54, 1.807) is 18.7 Å². The average Bonchev–Trinajstić information content (AvgIpc) is 3.26. The van der Waals surface area contributed by atoms with Gasteiger partial charge in [0.2, 0.25) is 5.95 Å². The minimum absolute atomic E-state index is 0.425. The number of anilines is 4. The van der Waals surface area contributed by atoms with E-state index in [4.69, 9.17) is 4.74 Å². The number of nitrogens with zero attached hydrogens (tertiary/aromatic N) is 4. The van der Waals surface area contributed by atoms with Gasteiger partial charge in [0.25, 0.3) is 0 Å². The van der Waals surface area contributed by atoms with Crippen molar-refractivity contribution in [1.29, 1.82) is 0 Å². The first-order valence-corrected chi connectivity index (χ1v) is 9.32. The predicted molar refractivity (Wildman–Crippen MR) is 115 cm³/mol. The molecule has 3 heterocycles. The summed E-state index contributed by atoms with van der Waals surface area (Å²) in [6.45, 7) is 0. The molecule has 0 aliphatic heterocycles. The van der Waals surface area contributed by atoms with Crippen LogP contribution < -0.4 is 15.4 Å². The van der Waals surface area contributed by atoms with Gasteiger partial charge in [0.05, 0.1) is 18.2 Å². The van der Waals surface area contributed by atoms with E-state index in [9.17, 15) is 0 Å². The summed E-state index contributed by atoms with van der Waals surface area (Å²) in [5.41, 5.74) is 2.93. The maximum Gasteiger partial charge on any atom is 0.231 e. The van der Waals surface area contributed by atoms with Crippen molar-refractivity contribution in [3.8, 4) is 11.5 Å². The Kier molecular flexibility index (Phi) is 4.63. The van der Waals surface area contributed by atoms with Crippen molar-refractivity contribution >= 4 is 34.3 Å². The van der Waals surface area contributed by atoms with Gasteiger partial charge in [0, 0.05) is 11.9 Å². The highest BCUT2D eigenvalue weighted by Gasteiger charge is 2.11. The second kappa shape index (κ2) is 7.88. The van der Waals surface area contributed by atoms with Gasteiger partial charge in [-0.1, -0.05) is 18.2 Å². The van der Waals surface area contributed by atoms with Crippen LogP contribution in [0.3, 0.4) is 0 Å². The van der Waals surface area contributed by atoms with Gasteiger partial charge in [0.15, 0.2) is 11.5 Å². The molecule has 146 valence electrons. The largest absolute Gasteiger partial charge is 0.457 e. The zero-order valence-corrected chi connectivity index (χ0v) is 15.8. The lowest BCUT2D eigenvalue weighted by Crippen LogP contribution is -2.02. The lowest BCUT2D eigenvalue weighted by atomic mass is 10.3. The fraction of sp³-hybridized carbons (Fsp3) is 0. The molecule has 30 heavy (non-hydrogen) atoms. The first kappa shape index (κ1) is 17.6. The van der Waals surface area contributed by atoms with Crippen molar-refractivity contribution in [1.82, 2.24) is 24.9 Å². The molecule has 0 spiro atoms. The van der Waals surface area contributed by atoms with Gasteiger partial charge in [-0.05, 0) is 48.5 Å². The molecule has 0 unspecified atom stereocenters. The second-order valence-corrected chi connectivity index (χ2v) is 6.43. The summed E-state index contributed by atoms with van der Waals surface area (Å²) in [4.78, 5) is 20.5. The number of rotatable bonds is 6. The molecule has 0 aliphatic rings. The molecule has 3 N–H and O–H groups in total. The third-order valence-electron chi connectivity index (χ3n) is 4.30. The maximum absolute atomic E-state index is 5.84. The highest BCUT2D eigenvalue weighted by atomic mass is 16.5. The van der Waals surface area contributed by atoms with Crippen LogP contribution in [0.25, 0.3) is 11.2 Å². The summed E-state index contributed by atoms with van der Waals surface area (Å²) >= 11 is 0. The van der Waals surface area contributed by atoms with Crippen molar-refractivity contribution in [3.63, 3.8) is 0 Å². The quantitative estimate of drug-likeness (QED) is 0.371. The first-order chi connectivity index (χ1) is 14.8. The number of fused-ring (bicyclic) bond motifs is 1. The Bertz CT molecular complexity index is 1260. The fourth-order valence-electron chi connectivity index (χ4n) is 2.91. The number of hydrogen-bond acceptors (Lipinski definition) is 7. The van der Waals surface area contributed by atoms with Gasteiger partial charge in [0.1, 0.15) is 17.0 Å². The third kappa shape index (κ3) is 3.88. The van der Waals surface area contributed by atoms with Crippen LogP contribution in [0, 0.1) is 0 Å². The van der Waals surface area contributed by atoms with Crippen LogP contribution in [-0.2, 0) is 0 Å². The Labute approximate surface area is 172 Å². The highest BCUT2D eigenvalue weighted by molar-refractivity contribution is 5.86. The molecule has 8 nitrogen and oxygen atoms in total. The number of pyridine rings is 1. The Morgan fingerprint density at radius 3 is 2.40 bits per heavy atom. The first-order valence-electron chi connectivity index (χ1n) is 9.32. The fourth-order valence-corrected chi connectivity index (χ4v) is 2.91. The Morgan fingerprint density at radius 1 is 0.767 bits per heavy atom. The van der Waals surface area contributed by atoms with Crippen LogP contribution >= 0.6 is 0 Å². The van der Waals surface area contributed by atoms with Crippen LogP contribution in [0.1, 0.15) is 0 Å². The van der Waals surface area contributed by atoms with Crippen molar-refractivity contribution in [3.05, 3.63) is 85.5 Å². The zero-order valence-electron chi connectivity index (χ0n) is 15.8. The molecule has 0 aliphatic carbocycles. The molecule has 0 atom stereocenters. The van der Waals surface area contributed by atoms with Crippen molar-refractivity contribution < 1.29 is 4.74 Å². The van der Waals surface area contributed by atoms with E-state index in [1.807, 2.05) is 66.7 Å². The van der Waals surface area contributed by atoms with Gasteiger partial charge in [-0.2, -0.15) is 9.97 Å². The zero-order chi connectivity index (χ0) is 20.2. The monoisotopic (exact) mass is 395 g/mol. The highest BCUT2D eigenvalue weighted by Crippen LogP contribution is 2.27. The van der Waals surface area contributed by atoms with Crippen LogP contribution in [-0.4, -0.2) is 24.9 Å². The van der Waals surface area contributed by atoms with Crippen LogP contribution in [0.4, 0.5) is 23.1 Å². The third-order valence-corrected chi connectivity index (χ3v) is 4.30. The number of ether oxygens (including phenoxy) is 1. The van der Waals surface area contributed by atoms with Crippen LogP contribution in [0.2, 0.25) is 0 Å². The van der Waals surface area contributed by atoms with E-state index in [-0.39, 0.29) is 0 Å². The molecule has 0 amide bonds. The van der Waals surface area contributed by atoms with E-state index in [2.05, 4.69) is 35.6 Å². The number of nitrogens with one attached hydrogen (secondary N) is 3. The summed E-state index contributed by atoms with van der Waals surface area (Å²) < 4.78 is 5.84. The predicted octanol–water partition coefficient (Wildman–Crippen LogP) is 5.03. The normalized spacial score (nSPS) is 10.7. The smallest absolute Gasteiger partial charge is 0.231 e. The maximum atomic E-state index is 5.84. The van der Waals surface area contributed by atoms with E-state index in [1.165, 1.54) is 0 Å². The van der Waals surface area contributed by atoms with Gasteiger partial charge in [-0.15, -0.1) is 0 Å². The molecule has 2 aromatic carbocycles. The van der Waals surface area contributed by atoms with E-state index in [0.29, 0.717) is 17.4 Å². The Morgan fingerprint density at radius 2 is 1.60 bits per heavy atom. The van der Waals surface area contributed by atoms with Crippen molar-refractivity contribution in [2.75, 3.05) is 10.6 Å². The molecule has 0 fully saturated rings. The van der Waals surface area contributed by atoms with Gasteiger partial charge in [-0.25, -0.2) is 4.98 Å². The summed E-state index contributed by atoms with van der Waals surface area (Å²) in [7, 11) is 0. The van der Waals surface area contributed by atoms with E-state index < -0.39 is 0 Å². The molecule has 0 saturated carbocycles. The minimum atomic E-state index is 0.425. The summed E-state index contributed by atoms with van der Waals surface area (Å²) in [5.74, 6) is 2.58. The molecule has 5 rings (SSSR count). The number of imidazole rings is 1. The van der Waals surface area contributed by atoms with Gasteiger partial charge < -0.3 is 20.4 Å². The molecular formula is C22H17N7O. The summed E-state index contributed by atoms with van der Waals surface area (Å²) in [6.07, 6.45) is 5.01. The van der Waals surface area contributed by atoms with Crippen LogP contribution in [0.5, 0.6) is 11.5 Å². The number of para-hydroxylation sites is 1. The molecule has 0 bridgehead atoms. The van der Waals surface area contributed by atoms with Crippen molar-refractivity contribution in [2.24, 2.45) is 0 Å². The van der Waals surface area contributed by atoms with Gasteiger partial charge >= 0.3 is 0 Å². The average molecular weight is 395 g/mol. The molecular weight excluding hydrogens is 378 g/mol. The lowest BCUT2D eigenvalue weighted by molar-refractivity contribution is 0.483. The van der Waals surface area contributed by atoms with Crippen LogP contribution in [0.15, 0.2) is 85.5 Å². The standard InChI is InChI=1S/C22H17N7O/c1-2-6-17(7-3-1)30-18-10-8-15(9-11-18)26-21-19-20(25-14-24-19)28-22(29-21)27-16-5-4-12-23-13-16/h1-14H,(H3,24,25,26,27,28,29). The number of aromatic amines is 1. The molecule has 8 heteroatoms. The number of benzene rings is 2. The molecule has 5 aromatic rings. The SMILES string of the molecule is c1ccc(Oc2ccc(Nc3nc(Nc4cccnc4)nc4nc[nH]c34)cc2)cc1. The second-order valence-electron chi connectivity index (χ2n) is 6.43. The molecule has 3 aromatic heterocycles.